The van der Waals surface area contributed by atoms with E-state index in [0.29, 0.717) is 12.1 Å². The van der Waals surface area contributed by atoms with Crippen LogP contribution in [-0.2, 0) is 27.0 Å². The molecule has 0 aliphatic carbocycles. The lowest BCUT2D eigenvalue weighted by Gasteiger charge is -2.40. The minimum absolute atomic E-state index is 0.0384. The third kappa shape index (κ3) is 5.77. The van der Waals surface area contributed by atoms with E-state index in [4.69, 9.17) is 0 Å². The smallest absolute Gasteiger partial charge is 0.354 e. The van der Waals surface area contributed by atoms with Crippen LogP contribution < -0.4 is 5.32 Å². The lowest BCUT2D eigenvalue weighted by molar-refractivity contribution is -0.143. The summed E-state index contributed by atoms with van der Waals surface area (Å²) in [7, 11) is -2.30. The average molecular weight is 522 g/mol. The number of rotatable bonds is 5. The topological polar surface area (TPSA) is 83.6 Å². The summed E-state index contributed by atoms with van der Waals surface area (Å²) in [5.74, 6) is -3.39. The van der Waals surface area contributed by atoms with Crippen LogP contribution in [0.15, 0.2) is 42.5 Å². The Labute approximate surface area is 196 Å². The van der Waals surface area contributed by atoms with Gasteiger partial charge in [-0.25, -0.2) is 8.42 Å². The highest BCUT2D eigenvalue weighted by Crippen LogP contribution is 2.45. The molecule has 3 rings (SSSR count). The third-order valence-electron chi connectivity index (χ3n) is 5.59. The number of nitrogens with zero attached hydrogens (tertiary/aromatic N) is 1. The van der Waals surface area contributed by atoms with Crippen LogP contribution in [0.5, 0.6) is 0 Å². The van der Waals surface area contributed by atoms with Gasteiger partial charge in [0.25, 0.3) is 5.91 Å². The first-order valence-electron chi connectivity index (χ1n) is 10.1. The summed E-state index contributed by atoms with van der Waals surface area (Å²) < 4.78 is 104. The number of nitrogens with one attached hydrogen (secondary N) is 1. The molecule has 0 saturated carbocycles. The number of likely N-dealkylation sites (N-methyl/N-ethyl adjacent to an activating group) is 1. The molecule has 1 aliphatic heterocycles. The highest BCUT2D eigenvalue weighted by Gasteiger charge is 2.45. The van der Waals surface area contributed by atoms with Crippen molar-refractivity contribution in [3.63, 3.8) is 0 Å². The van der Waals surface area contributed by atoms with Gasteiger partial charge in [0.1, 0.15) is 9.84 Å². The van der Waals surface area contributed by atoms with Crippen LogP contribution in [0.2, 0.25) is 0 Å². The van der Waals surface area contributed by atoms with E-state index in [1.165, 1.54) is 31.3 Å². The van der Waals surface area contributed by atoms with Crippen molar-refractivity contribution in [1.82, 2.24) is 10.2 Å². The fraction of sp³-hybridized carbons (Fsp3) is 0.364. The first-order valence-corrected chi connectivity index (χ1v) is 12.2. The third-order valence-corrected chi connectivity index (χ3v) is 6.53. The molecule has 6 nitrogen and oxygen atoms in total. The Morgan fingerprint density at radius 1 is 1.00 bits per heavy atom. The molecule has 2 aromatic carbocycles. The van der Waals surface area contributed by atoms with Crippen molar-refractivity contribution >= 4 is 21.7 Å². The molecule has 2 aromatic rings. The van der Waals surface area contributed by atoms with Crippen LogP contribution >= 0.6 is 0 Å². The minimum Gasteiger partial charge on any atom is -0.354 e. The summed E-state index contributed by atoms with van der Waals surface area (Å²) in [6, 6.07) is 5.13. The number of amides is 2. The van der Waals surface area contributed by atoms with E-state index in [0.717, 1.165) is 11.2 Å². The first-order chi connectivity index (χ1) is 16.0. The SMILES string of the molecule is CN1C(=O)c2ccccc2C(C(=O)NCCS(C)(=O)=O)C1c1cc(C(F)(F)F)cc(C(F)(F)F)c1. The van der Waals surface area contributed by atoms with Gasteiger partial charge in [0, 0.05) is 25.4 Å². The standard InChI is InChI=1S/C22H20F6N2O4S/c1-30-18(12-9-13(21(23,24)25)11-14(10-12)22(26,27)28)17(19(31)29-7-8-35(2,33)34)15-5-3-4-6-16(15)20(30)32/h3-6,9-11,17-18H,7-8H2,1-2H3,(H,29,31). The Morgan fingerprint density at radius 3 is 2.06 bits per heavy atom. The maximum absolute atomic E-state index is 13.5. The van der Waals surface area contributed by atoms with E-state index in [1.54, 1.807) is 0 Å². The van der Waals surface area contributed by atoms with Gasteiger partial charge in [-0.2, -0.15) is 26.3 Å². The number of hydrogen-bond acceptors (Lipinski definition) is 4. The molecular weight excluding hydrogens is 502 g/mol. The van der Waals surface area contributed by atoms with E-state index in [-0.39, 0.29) is 23.7 Å². The number of sulfone groups is 1. The second-order valence-corrected chi connectivity index (χ2v) is 10.4. The average Bonchev–Trinajstić information content (AvgIpc) is 2.73. The Morgan fingerprint density at radius 2 is 1.54 bits per heavy atom. The predicted octanol–water partition coefficient (Wildman–Crippen LogP) is 3.80. The molecule has 0 radical (unpaired) electrons. The fourth-order valence-corrected chi connectivity index (χ4v) is 4.47. The van der Waals surface area contributed by atoms with Crippen LogP contribution in [0.4, 0.5) is 26.3 Å². The highest BCUT2D eigenvalue weighted by atomic mass is 32.2. The lowest BCUT2D eigenvalue weighted by atomic mass is 9.78. The van der Waals surface area contributed by atoms with E-state index in [1.807, 2.05) is 0 Å². The van der Waals surface area contributed by atoms with E-state index >= 15 is 0 Å². The molecule has 0 bridgehead atoms. The summed E-state index contributed by atoms with van der Waals surface area (Å²) in [5.41, 5.74) is -3.56. The number of benzene rings is 2. The van der Waals surface area contributed by atoms with Gasteiger partial charge in [-0.15, -0.1) is 0 Å². The van der Waals surface area contributed by atoms with E-state index in [9.17, 15) is 44.3 Å². The zero-order valence-electron chi connectivity index (χ0n) is 18.4. The largest absolute Gasteiger partial charge is 0.416 e. The van der Waals surface area contributed by atoms with Crippen molar-refractivity contribution in [3.05, 3.63) is 70.3 Å². The molecule has 2 unspecified atom stereocenters. The quantitative estimate of drug-likeness (QED) is 0.606. The van der Waals surface area contributed by atoms with Gasteiger partial charge in [-0.05, 0) is 35.4 Å². The molecule has 0 spiro atoms. The predicted molar refractivity (Wildman–Crippen MR) is 113 cm³/mol. The molecule has 1 aliphatic rings. The van der Waals surface area contributed by atoms with Crippen molar-refractivity contribution < 1.29 is 44.3 Å². The fourth-order valence-electron chi connectivity index (χ4n) is 3.99. The molecule has 2 atom stereocenters. The number of carbonyl (C=O) groups excluding carboxylic acids is 2. The van der Waals surface area contributed by atoms with Crippen LogP contribution in [0.25, 0.3) is 0 Å². The van der Waals surface area contributed by atoms with E-state index in [2.05, 4.69) is 5.32 Å². The summed E-state index contributed by atoms with van der Waals surface area (Å²) in [6.07, 6.45) is -9.32. The zero-order chi connectivity index (χ0) is 26.3. The summed E-state index contributed by atoms with van der Waals surface area (Å²) in [4.78, 5) is 27.0. The Balaban J connectivity index is 2.19. The maximum atomic E-state index is 13.5. The van der Waals surface area contributed by atoms with Gasteiger partial charge in [-0.3, -0.25) is 9.59 Å². The molecular formula is C22H20F6N2O4S. The Kier molecular flexibility index (Phi) is 6.95. The minimum atomic E-state index is -5.13. The lowest BCUT2D eigenvalue weighted by Crippen LogP contribution is -2.46. The molecule has 0 fully saturated rings. The summed E-state index contributed by atoms with van der Waals surface area (Å²) in [5, 5.41) is 2.37. The highest BCUT2D eigenvalue weighted by molar-refractivity contribution is 7.90. The van der Waals surface area contributed by atoms with Crippen LogP contribution in [0, 0.1) is 0 Å². The summed E-state index contributed by atoms with van der Waals surface area (Å²) in [6.45, 7) is -0.336. The van der Waals surface area contributed by atoms with Gasteiger partial charge in [0.05, 0.1) is 28.8 Å². The molecule has 1 N–H and O–H groups in total. The number of alkyl halides is 6. The van der Waals surface area contributed by atoms with Crippen LogP contribution in [0.3, 0.4) is 0 Å². The summed E-state index contributed by atoms with van der Waals surface area (Å²) >= 11 is 0. The Bertz CT molecular complexity index is 1230. The maximum Gasteiger partial charge on any atom is 0.416 e. The van der Waals surface area contributed by atoms with Gasteiger partial charge >= 0.3 is 12.4 Å². The monoisotopic (exact) mass is 522 g/mol. The number of carbonyl (C=O) groups is 2. The Hall–Kier alpha value is -3.09. The van der Waals surface area contributed by atoms with Gasteiger partial charge in [0.2, 0.25) is 5.91 Å². The van der Waals surface area contributed by atoms with E-state index < -0.39 is 68.4 Å². The molecule has 0 aromatic heterocycles. The van der Waals surface area contributed by atoms with Crippen molar-refractivity contribution in [2.75, 3.05) is 25.6 Å². The zero-order valence-corrected chi connectivity index (χ0v) is 19.2. The van der Waals surface area contributed by atoms with Gasteiger partial charge in [0.15, 0.2) is 0 Å². The van der Waals surface area contributed by atoms with Crippen molar-refractivity contribution in [1.29, 1.82) is 0 Å². The van der Waals surface area contributed by atoms with Crippen molar-refractivity contribution in [3.8, 4) is 0 Å². The van der Waals surface area contributed by atoms with Crippen LogP contribution in [-0.4, -0.2) is 50.7 Å². The second kappa shape index (κ2) is 9.17. The molecule has 0 saturated heterocycles. The van der Waals surface area contributed by atoms with Crippen LogP contribution in [0.1, 0.15) is 44.6 Å². The second-order valence-electron chi connectivity index (χ2n) is 8.19. The van der Waals surface area contributed by atoms with Gasteiger partial charge in [-0.1, -0.05) is 18.2 Å². The number of hydrogen-bond donors (Lipinski definition) is 1. The van der Waals surface area contributed by atoms with Crippen molar-refractivity contribution in [2.45, 2.75) is 24.3 Å². The van der Waals surface area contributed by atoms with Gasteiger partial charge < -0.3 is 10.2 Å². The molecule has 2 amide bonds. The molecule has 1 heterocycles. The molecule has 13 heteroatoms. The first kappa shape index (κ1) is 26.5. The molecule has 190 valence electrons. The van der Waals surface area contributed by atoms with Crippen molar-refractivity contribution in [2.24, 2.45) is 0 Å². The number of fused-ring (bicyclic) bond motifs is 1. The normalized spacial score (nSPS) is 18.9. The number of halogens is 6. The molecule has 35 heavy (non-hydrogen) atoms.